The average Bonchev–Trinajstić information content (AvgIpc) is 3.20. The highest BCUT2D eigenvalue weighted by Crippen LogP contribution is 2.25. The molecule has 1 N–H and O–H groups in total. The summed E-state index contributed by atoms with van der Waals surface area (Å²) in [5, 5.41) is 4.87. The molecule has 144 valence electrons. The van der Waals surface area contributed by atoms with Crippen LogP contribution in [0.15, 0.2) is 29.6 Å². The molecule has 1 saturated heterocycles. The number of ether oxygens (including phenoxy) is 1. The number of carbonyl (C=O) groups is 2. The largest absolute Gasteiger partial charge is 0.456 e. The van der Waals surface area contributed by atoms with Crippen LogP contribution in [0.5, 0.6) is 0 Å². The number of benzene rings is 1. The van der Waals surface area contributed by atoms with E-state index in [1.54, 1.807) is 0 Å². The first-order valence-electron chi connectivity index (χ1n) is 8.49. The minimum absolute atomic E-state index is 0.00913. The van der Waals surface area contributed by atoms with Crippen molar-refractivity contribution in [3.05, 3.63) is 35.2 Å². The molecule has 27 heavy (non-hydrogen) atoms. The first-order valence-corrected chi connectivity index (χ1v) is 11.2. The van der Waals surface area contributed by atoms with Gasteiger partial charge in [-0.2, -0.15) is 0 Å². The number of nitrogens with zero attached hydrogens (tertiary/aromatic N) is 1. The smallest absolute Gasteiger partial charge is 0.306 e. The van der Waals surface area contributed by atoms with Gasteiger partial charge in [-0.15, -0.1) is 11.3 Å². The molecular weight excluding hydrogens is 388 g/mol. The Morgan fingerprint density at radius 2 is 2.04 bits per heavy atom. The van der Waals surface area contributed by atoms with Crippen molar-refractivity contribution < 1.29 is 22.7 Å². The predicted molar refractivity (Wildman–Crippen MR) is 103 cm³/mol. The number of amides is 1. The summed E-state index contributed by atoms with van der Waals surface area (Å²) in [6, 6.07) is 7.89. The molecule has 9 heteroatoms. The molecule has 1 aromatic heterocycles. The Hall–Kier alpha value is -2.26. The highest BCUT2D eigenvalue weighted by Gasteiger charge is 2.30. The second kappa shape index (κ2) is 8.18. The molecular formula is C18H20N2O5S2. The Morgan fingerprint density at radius 1 is 1.30 bits per heavy atom. The van der Waals surface area contributed by atoms with Crippen LogP contribution in [0.1, 0.15) is 18.4 Å². The van der Waals surface area contributed by atoms with Gasteiger partial charge < -0.3 is 4.74 Å². The van der Waals surface area contributed by atoms with E-state index in [2.05, 4.69) is 10.3 Å². The summed E-state index contributed by atoms with van der Waals surface area (Å²) in [6.45, 7) is 1.58. The van der Waals surface area contributed by atoms with Gasteiger partial charge in [0.2, 0.25) is 0 Å². The number of anilines is 1. The Labute approximate surface area is 161 Å². The fourth-order valence-electron chi connectivity index (χ4n) is 2.82. The van der Waals surface area contributed by atoms with Crippen LogP contribution in [-0.2, 0) is 24.2 Å². The van der Waals surface area contributed by atoms with Crippen LogP contribution >= 0.6 is 11.3 Å². The van der Waals surface area contributed by atoms with Gasteiger partial charge >= 0.3 is 5.97 Å². The van der Waals surface area contributed by atoms with Crippen LogP contribution in [0.25, 0.3) is 11.3 Å². The third-order valence-corrected chi connectivity index (χ3v) is 6.84. The quantitative estimate of drug-likeness (QED) is 0.737. The molecule has 0 saturated carbocycles. The molecule has 0 radical (unpaired) electrons. The summed E-state index contributed by atoms with van der Waals surface area (Å²) in [6.07, 6.45) is 0.478. The van der Waals surface area contributed by atoms with Gasteiger partial charge in [0.25, 0.3) is 5.91 Å². The van der Waals surface area contributed by atoms with Crippen LogP contribution in [0, 0.1) is 12.8 Å². The van der Waals surface area contributed by atoms with Crippen molar-refractivity contribution in [1.82, 2.24) is 4.98 Å². The Balaban J connectivity index is 1.45. The second-order valence-corrected chi connectivity index (χ2v) is 9.67. The van der Waals surface area contributed by atoms with Crippen LogP contribution in [0.3, 0.4) is 0 Å². The normalized spacial score (nSPS) is 18.2. The second-order valence-electron chi connectivity index (χ2n) is 6.59. The van der Waals surface area contributed by atoms with Gasteiger partial charge in [-0.1, -0.05) is 29.8 Å². The molecule has 0 aliphatic carbocycles. The molecule has 0 spiro atoms. The lowest BCUT2D eigenvalue weighted by atomic mass is 10.1. The first-order chi connectivity index (χ1) is 12.8. The molecule has 1 atom stereocenters. The molecule has 1 fully saturated rings. The van der Waals surface area contributed by atoms with E-state index in [9.17, 15) is 18.0 Å². The molecule has 1 aliphatic heterocycles. The molecule has 1 aromatic carbocycles. The molecule has 3 rings (SSSR count). The fraction of sp³-hybridized carbons (Fsp3) is 0.389. The van der Waals surface area contributed by atoms with E-state index in [0.29, 0.717) is 11.6 Å². The number of aromatic nitrogens is 1. The topological polar surface area (TPSA) is 102 Å². The Morgan fingerprint density at radius 3 is 2.70 bits per heavy atom. The predicted octanol–water partition coefficient (Wildman–Crippen LogP) is 2.43. The monoisotopic (exact) mass is 408 g/mol. The number of rotatable bonds is 6. The summed E-state index contributed by atoms with van der Waals surface area (Å²) in [4.78, 5) is 28.1. The summed E-state index contributed by atoms with van der Waals surface area (Å²) in [5.41, 5.74) is 2.87. The van der Waals surface area contributed by atoms with E-state index in [1.165, 1.54) is 11.3 Å². The standard InChI is InChI=1S/C18H20N2O5S2/c1-12-2-4-14(5-3-12)15-10-26-18(19-15)20-16(21)9-25-17(22)8-13-6-7-27(23,24)11-13/h2-5,10,13H,6-9,11H2,1H3,(H,19,20,21)/t13-/m0/s1. The number of aryl methyl sites for hydroxylation is 1. The van der Waals surface area contributed by atoms with Crippen LogP contribution in [0.4, 0.5) is 5.13 Å². The van der Waals surface area contributed by atoms with Gasteiger partial charge in [-0.05, 0) is 19.3 Å². The Kier molecular flexibility index (Phi) is 5.91. The van der Waals surface area contributed by atoms with Crippen molar-refractivity contribution in [2.75, 3.05) is 23.4 Å². The number of sulfone groups is 1. The van der Waals surface area contributed by atoms with Crippen molar-refractivity contribution >= 4 is 38.2 Å². The van der Waals surface area contributed by atoms with Gasteiger partial charge in [-0.25, -0.2) is 13.4 Å². The SMILES string of the molecule is Cc1ccc(-c2csc(NC(=O)COC(=O)C[C@@H]3CCS(=O)(=O)C3)n2)cc1. The highest BCUT2D eigenvalue weighted by atomic mass is 32.2. The van der Waals surface area contributed by atoms with E-state index < -0.39 is 28.3 Å². The van der Waals surface area contributed by atoms with Crippen molar-refractivity contribution in [3.8, 4) is 11.3 Å². The number of carbonyl (C=O) groups excluding carboxylic acids is 2. The molecule has 0 bridgehead atoms. The average molecular weight is 409 g/mol. The maximum atomic E-state index is 11.9. The molecule has 2 heterocycles. The number of hydrogen-bond acceptors (Lipinski definition) is 7. The number of nitrogens with one attached hydrogen (secondary N) is 1. The lowest BCUT2D eigenvalue weighted by molar-refractivity contribution is -0.148. The van der Waals surface area contributed by atoms with Gasteiger partial charge in [0.1, 0.15) is 0 Å². The van der Waals surface area contributed by atoms with E-state index >= 15 is 0 Å². The maximum absolute atomic E-state index is 11.9. The molecule has 1 amide bonds. The zero-order chi connectivity index (χ0) is 19.4. The van der Waals surface area contributed by atoms with Crippen molar-refractivity contribution in [1.29, 1.82) is 0 Å². The lowest BCUT2D eigenvalue weighted by Crippen LogP contribution is -2.22. The molecule has 0 unspecified atom stereocenters. The third-order valence-electron chi connectivity index (χ3n) is 4.24. The summed E-state index contributed by atoms with van der Waals surface area (Å²) in [5.74, 6) is -1.14. The number of hydrogen-bond donors (Lipinski definition) is 1. The highest BCUT2D eigenvalue weighted by molar-refractivity contribution is 7.91. The zero-order valence-electron chi connectivity index (χ0n) is 14.8. The molecule has 1 aliphatic rings. The Bertz CT molecular complexity index is 935. The zero-order valence-corrected chi connectivity index (χ0v) is 16.4. The summed E-state index contributed by atoms with van der Waals surface area (Å²) in [7, 11) is -3.03. The van der Waals surface area contributed by atoms with E-state index in [-0.39, 0.29) is 23.8 Å². The minimum Gasteiger partial charge on any atom is -0.456 e. The van der Waals surface area contributed by atoms with Gasteiger partial charge in [0, 0.05) is 17.4 Å². The van der Waals surface area contributed by atoms with E-state index in [4.69, 9.17) is 4.74 Å². The summed E-state index contributed by atoms with van der Waals surface area (Å²) >= 11 is 1.29. The fourth-order valence-corrected chi connectivity index (χ4v) is 5.41. The van der Waals surface area contributed by atoms with E-state index in [1.807, 2.05) is 36.6 Å². The third kappa shape index (κ3) is 5.61. The van der Waals surface area contributed by atoms with Crippen LogP contribution < -0.4 is 5.32 Å². The van der Waals surface area contributed by atoms with Crippen molar-refractivity contribution in [3.63, 3.8) is 0 Å². The molecule has 2 aromatic rings. The van der Waals surface area contributed by atoms with Gasteiger partial charge in [-0.3, -0.25) is 14.9 Å². The minimum atomic E-state index is -3.03. The lowest BCUT2D eigenvalue weighted by Gasteiger charge is -2.07. The van der Waals surface area contributed by atoms with Crippen LogP contribution in [-0.4, -0.2) is 43.4 Å². The number of esters is 1. The van der Waals surface area contributed by atoms with Gasteiger partial charge in [0.15, 0.2) is 21.6 Å². The van der Waals surface area contributed by atoms with Crippen molar-refractivity contribution in [2.45, 2.75) is 19.8 Å². The van der Waals surface area contributed by atoms with E-state index in [0.717, 1.165) is 16.8 Å². The van der Waals surface area contributed by atoms with Gasteiger partial charge in [0.05, 0.1) is 17.2 Å². The van der Waals surface area contributed by atoms with Crippen LogP contribution in [0.2, 0.25) is 0 Å². The maximum Gasteiger partial charge on any atom is 0.306 e. The first kappa shape index (κ1) is 19.5. The molecule has 7 nitrogen and oxygen atoms in total. The summed E-state index contributed by atoms with van der Waals surface area (Å²) < 4.78 is 27.7. The van der Waals surface area contributed by atoms with Crippen molar-refractivity contribution in [2.24, 2.45) is 5.92 Å². The number of thiazole rings is 1.